The molecule has 0 aromatic heterocycles. The summed E-state index contributed by atoms with van der Waals surface area (Å²) >= 11 is 0. The number of carbonyl (C=O) groups is 1. The van der Waals surface area contributed by atoms with Crippen molar-refractivity contribution < 1.29 is 9.90 Å². The molecule has 0 spiro atoms. The highest BCUT2D eigenvalue weighted by molar-refractivity contribution is 5.67. The zero-order valence-electron chi connectivity index (χ0n) is 11.5. The summed E-state index contributed by atoms with van der Waals surface area (Å²) in [6.07, 6.45) is 3.11. The van der Waals surface area contributed by atoms with Gasteiger partial charge in [-0.05, 0) is 48.6 Å². The Hall–Kier alpha value is -1.35. The minimum atomic E-state index is -0.724. The molecular formula is C16H23NO2. The van der Waals surface area contributed by atoms with E-state index in [9.17, 15) is 4.79 Å². The maximum atomic E-state index is 11.0. The summed E-state index contributed by atoms with van der Waals surface area (Å²) in [5.74, 6) is 0.367. The number of aliphatic carboxylic acids is 1. The molecule has 3 N–H and O–H groups in total. The molecule has 1 aliphatic rings. The lowest BCUT2D eigenvalue weighted by atomic mass is 9.81. The van der Waals surface area contributed by atoms with Gasteiger partial charge in [-0.3, -0.25) is 4.79 Å². The van der Waals surface area contributed by atoms with Crippen LogP contribution in [-0.2, 0) is 11.2 Å². The van der Waals surface area contributed by atoms with Crippen molar-refractivity contribution in [2.24, 2.45) is 23.0 Å². The van der Waals surface area contributed by atoms with Crippen LogP contribution in [0.4, 0.5) is 0 Å². The van der Waals surface area contributed by atoms with Gasteiger partial charge in [0.25, 0.3) is 0 Å². The maximum Gasteiger partial charge on any atom is 0.303 e. The van der Waals surface area contributed by atoms with E-state index >= 15 is 0 Å². The largest absolute Gasteiger partial charge is 0.481 e. The second kappa shape index (κ2) is 5.74. The number of hydrogen-bond acceptors (Lipinski definition) is 2. The molecule has 0 bridgehead atoms. The van der Waals surface area contributed by atoms with Crippen LogP contribution >= 0.6 is 0 Å². The van der Waals surface area contributed by atoms with Crippen LogP contribution < -0.4 is 5.73 Å². The van der Waals surface area contributed by atoms with Gasteiger partial charge < -0.3 is 10.8 Å². The van der Waals surface area contributed by atoms with Crippen LogP contribution in [0.25, 0.3) is 0 Å². The van der Waals surface area contributed by atoms with Gasteiger partial charge in [0.1, 0.15) is 0 Å². The molecule has 19 heavy (non-hydrogen) atoms. The van der Waals surface area contributed by atoms with Crippen molar-refractivity contribution in [3.05, 3.63) is 35.9 Å². The maximum absolute atomic E-state index is 11.0. The van der Waals surface area contributed by atoms with Gasteiger partial charge in [0.2, 0.25) is 0 Å². The van der Waals surface area contributed by atoms with Crippen molar-refractivity contribution in [3.8, 4) is 0 Å². The summed E-state index contributed by atoms with van der Waals surface area (Å²) in [6.45, 7) is 2.71. The Morgan fingerprint density at radius 3 is 2.63 bits per heavy atom. The van der Waals surface area contributed by atoms with Gasteiger partial charge in [-0.15, -0.1) is 0 Å². The fourth-order valence-corrected chi connectivity index (χ4v) is 3.58. The van der Waals surface area contributed by atoms with Gasteiger partial charge in [-0.25, -0.2) is 0 Å². The molecule has 1 fully saturated rings. The van der Waals surface area contributed by atoms with Gasteiger partial charge in [0.05, 0.1) is 6.42 Å². The molecule has 3 atom stereocenters. The zero-order valence-corrected chi connectivity index (χ0v) is 11.5. The normalized spacial score (nSPS) is 30.4. The molecule has 104 valence electrons. The minimum Gasteiger partial charge on any atom is -0.481 e. The Morgan fingerprint density at radius 2 is 2.05 bits per heavy atom. The van der Waals surface area contributed by atoms with E-state index in [1.165, 1.54) is 5.56 Å². The molecule has 0 heterocycles. The standard InChI is InChI=1S/C16H23NO2/c1-12-8-16(11-17,10-15(18)19)9-14(12)7-13-5-3-2-4-6-13/h2-6,12,14H,7-11,17H2,1H3,(H,18,19)/t12?,14?,16-/m0/s1. The van der Waals surface area contributed by atoms with Crippen LogP contribution in [0.15, 0.2) is 30.3 Å². The van der Waals surface area contributed by atoms with Crippen LogP contribution in [0.2, 0.25) is 0 Å². The van der Waals surface area contributed by atoms with E-state index < -0.39 is 5.97 Å². The Labute approximate surface area is 114 Å². The second-order valence-corrected chi connectivity index (χ2v) is 6.11. The summed E-state index contributed by atoms with van der Waals surface area (Å²) in [7, 11) is 0. The molecule has 0 radical (unpaired) electrons. The van der Waals surface area contributed by atoms with E-state index in [4.69, 9.17) is 10.8 Å². The third-order valence-electron chi connectivity index (χ3n) is 4.55. The van der Waals surface area contributed by atoms with Crippen molar-refractivity contribution in [2.45, 2.75) is 32.6 Å². The average Bonchev–Trinajstić information content (AvgIpc) is 2.67. The van der Waals surface area contributed by atoms with Gasteiger partial charge in [-0.1, -0.05) is 37.3 Å². The summed E-state index contributed by atoms with van der Waals surface area (Å²) in [5, 5.41) is 9.08. The van der Waals surface area contributed by atoms with Gasteiger partial charge in [-0.2, -0.15) is 0 Å². The minimum absolute atomic E-state index is 0.190. The van der Waals surface area contributed by atoms with Crippen LogP contribution in [0.3, 0.4) is 0 Å². The van der Waals surface area contributed by atoms with Crippen LogP contribution in [0, 0.1) is 17.3 Å². The number of rotatable bonds is 5. The molecule has 3 nitrogen and oxygen atoms in total. The zero-order chi connectivity index (χ0) is 13.9. The number of nitrogens with two attached hydrogens (primary N) is 1. The molecule has 0 saturated heterocycles. The SMILES string of the molecule is CC1C[C@@](CN)(CC(=O)O)CC1Cc1ccccc1. The van der Waals surface area contributed by atoms with E-state index in [-0.39, 0.29) is 11.8 Å². The van der Waals surface area contributed by atoms with Crippen molar-refractivity contribution >= 4 is 5.97 Å². The first kappa shape index (κ1) is 14.1. The predicted octanol–water partition coefficient (Wildman–Crippen LogP) is 2.70. The molecule has 0 aliphatic heterocycles. The highest BCUT2D eigenvalue weighted by atomic mass is 16.4. The summed E-state index contributed by atoms with van der Waals surface area (Å²) < 4.78 is 0. The van der Waals surface area contributed by atoms with E-state index in [1.54, 1.807) is 0 Å². The van der Waals surface area contributed by atoms with Crippen LogP contribution in [0.5, 0.6) is 0 Å². The van der Waals surface area contributed by atoms with Gasteiger partial charge >= 0.3 is 5.97 Å². The Balaban J connectivity index is 2.06. The highest BCUT2D eigenvalue weighted by Crippen LogP contribution is 2.48. The Morgan fingerprint density at radius 1 is 1.37 bits per heavy atom. The third-order valence-corrected chi connectivity index (χ3v) is 4.55. The van der Waals surface area contributed by atoms with E-state index in [2.05, 4.69) is 31.2 Å². The van der Waals surface area contributed by atoms with Gasteiger partial charge in [0.15, 0.2) is 0 Å². The summed E-state index contributed by atoms with van der Waals surface area (Å²) in [6, 6.07) is 10.4. The first-order valence-corrected chi connectivity index (χ1v) is 7.00. The van der Waals surface area contributed by atoms with Crippen molar-refractivity contribution in [3.63, 3.8) is 0 Å². The first-order chi connectivity index (χ1) is 9.04. The topological polar surface area (TPSA) is 63.3 Å². The number of carboxylic acids is 1. The molecule has 2 rings (SSSR count). The molecule has 1 aliphatic carbocycles. The van der Waals surface area contributed by atoms with Crippen molar-refractivity contribution in [1.29, 1.82) is 0 Å². The molecular weight excluding hydrogens is 238 g/mol. The molecule has 1 aromatic rings. The second-order valence-electron chi connectivity index (χ2n) is 6.11. The third kappa shape index (κ3) is 3.35. The van der Waals surface area contributed by atoms with E-state index in [1.807, 2.05) is 6.07 Å². The fourth-order valence-electron chi connectivity index (χ4n) is 3.58. The van der Waals surface area contributed by atoms with Gasteiger partial charge in [0, 0.05) is 0 Å². The fraction of sp³-hybridized carbons (Fsp3) is 0.562. The smallest absolute Gasteiger partial charge is 0.303 e. The number of hydrogen-bond donors (Lipinski definition) is 2. The summed E-state index contributed by atoms with van der Waals surface area (Å²) in [4.78, 5) is 11.0. The van der Waals surface area contributed by atoms with Crippen molar-refractivity contribution in [1.82, 2.24) is 0 Å². The lowest BCUT2D eigenvalue weighted by Crippen LogP contribution is -2.30. The monoisotopic (exact) mass is 261 g/mol. The first-order valence-electron chi connectivity index (χ1n) is 7.00. The quantitative estimate of drug-likeness (QED) is 0.856. The molecule has 1 aromatic carbocycles. The van der Waals surface area contributed by atoms with Crippen LogP contribution in [0.1, 0.15) is 31.7 Å². The lowest BCUT2D eigenvalue weighted by Gasteiger charge is -2.25. The molecule has 3 heteroatoms. The summed E-state index contributed by atoms with van der Waals surface area (Å²) in [5.41, 5.74) is 7.02. The average molecular weight is 261 g/mol. The number of benzene rings is 1. The molecule has 1 saturated carbocycles. The van der Waals surface area contributed by atoms with Crippen LogP contribution in [-0.4, -0.2) is 17.6 Å². The predicted molar refractivity (Wildman–Crippen MR) is 75.8 cm³/mol. The van der Waals surface area contributed by atoms with E-state index in [0.29, 0.717) is 18.4 Å². The Kier molecular flexibility index (Phi) is 4.25. The van der Waals surface area contributed by atoms with Crippen molar-refractivity contribution in [2.75, 3.05) is 6.54 Å². The number of carboxylic acid groups (broad SMARTS) is 1. The lowest BCUT2D eigenvalue weighted by molar-refractivity contribution is -0.139. The van der Waals surface area contributed by atoms with E-state index in [0.717, 1.165) is 19.3 Å². The molecule has 2 unspecified atom stereocenters. The Bertz CT molecular complexity index is 432. The highest BCUT2D eigenvalue weighted by Gasteiger charge is 2.43. The molecule has 0 amide bonds.